The lowest BCUT2D eigenvalue weighted by Crippen LogP contribution is -2.45. The van der Waals surface area contributed by atoms with Crippen molar-refractivity contribution in [1.29, 1.82) is 0 Å². The average Bonchev–Trinajstić information content (AvgIpc) is 2.16. The van der Waals surface area contributed by atoms with Crippen LogP contribution in [0.3, 0.4) is 0 Å². The second-order valence-corrected chi connectivity index (χ2v) is 4.71. The topological polar surface area (TPSA) is 32.3 Å². The largest absolute Gasteiger partial charge is 0.389 e. The summed E-state index contributed by atoms with van der Waals surface area (Å²) in [7, 11) is 0. The van der Waals surface area contributed by atoms with E-state index in [9.17, 15) is 9.50 Å². The van der Waals surface area contributed by atoms with Crippen LogP contribution in [0.4, 0.5) is 4.39 Å². The van der Waals surface area contributed by atoms with Gasteiger partial charge >= 0.3 is 0 Å². The van der Waals surface area contributed by atoms with E-state index >= 15 is 0 Å². The lowest BCUT2D eigenvalue weighted by Gasteiger charge is -2.26. The number of rotatable bonds is 5. The minimum Gasteiger partial charge on any atom is -0.389 e. The number of aliphatic hydroxyl groups is 1. The molecule has 16 heavy (non-hydrogen) atoms. The summed E-state index contributed by atoms with van der Waals surface area (Å²) < 4.78 is 12.9. The van der Waals surface area contributed by atoms with Crippen LogP contribution in [0.2, 0.25) is 0 Å². The van der Waals surface area contributed by atoms with Crippen LogP contribution in [0.15, 0.2) is 24.3 Å². The van der Waals surface area contributed by atoms with Gasteiger partial charge in [-0.05, 0) is 51.4 Å². The fourth-order valence-electron chi connectivity index (χ4n) is 1.38. The van der Waals surface area contributed by atoms with Crippen molar-refractivity contribution in [1.82, 2.24) is 5.32 Å². The predicted octanol–water partition coefficient (Wildman–Crippen LogP) is 2.12. The van der Waals surface area contributed by atoms with Crippen LogP contribution in [-0.4, -0.2) is 23.3 Å². The molecule has 3 heteroatoms. The van der Waals surface area contributed by atoms with Crippen LogP contribution in [0.25, 0.3) is 0 Å². The summed E-state index contributed by atoms with van der Waals surface area (Å²) in [6, 6.07) is 6.61. The molecule has 0 aliphatic heterocycles. The zero-order valence-electron chi connectivity index (χ0n) is 10.1. The second-order valence-electron chi connectivity index (χ2n) is 4.71. The highest BCUT2D eigenvalue weighted by molar-refractivity contribution is 5.16. The van der Waals surface area contributed by atoms with E-state index in [0.717, 1.165) is 18.5 Å². The minimum atomic E-state index is -0.734. The van der Waals surface area contributed by atoms with E-state index in [0.29, 0.717) is 0 Å². The van der Waals surface area contributed by atoms with Crippen molar-refractivity contribution >= 4 is 0 Å². The van der Waals surface area contributed by atoms with Crippen LogP contribution in [0, 0.1) is 5.82 Å². The highest BCUT2D eigenvalue weighted by Crippen LogP contribution is 2.08. The molecule has 0 aliphatic rings. The Labute approximate surface area is 96.5 Å². The molecule has 1 aromatic carbocycles. The van der Waals surface area contributed by atoms with Gasteiger partial charge in [0, 0.05) is 6.04 Å². The van der Waals surface area contributed by atoms with Crippen molar-refractivity contribution in [3.8, 4) is 0 Å². The Morgan fingerprint density at radius 1 is 1.44 bits per heavy atom. The van der Waals surface area contributed by atoms with Crippen molar-refractivity contribution in [3.63, 3.8) is 0 Å². The van der Waals surface area contributed by atoms with Gasteiger partial charge < -0.3 is 10.4 Å². The number of nitrogens with one attached hydrogen (secondary N) is 1. The lowest BCUT2D eigenvalue weighted by atomic mass is 10.0. The molecule has 0 spiro atoms. The Morgan fingerprint density at radius 3 is 2.69 bits per heavy atom. The van der Waals surface area contributed by atoms with Gasteiger partial charge in [0.1, 0.15) is 5.82 Å². The molecule has 1 unspecified atom stereocenters. The predicted molar refractivity (Wildman–Crippen MR) is 63.9 cm³/mol. The van der Waals surface area contributed by atoms with E-state index in [2.05, 4.69) is 5.32 Å². The molecule has 0 fully saturated rings. The SMILES string of the molecule is CC(NCCc1cccc(F)c1)C(C)(C)O. The molecule has 0 aliphatic carbocycles. The lowest BCUT2D eigenvalue weighted by molar-refractivity contribution is 0.0446. The molecule has 0 aromatic heterocycles. The molecule has 0 radical (unpaired) electrons. The van der Waals surface area contributed by atoms with Gasteiger partial charge in [-0.1, -0.05) is 12.1 Å². The van der Waals surface area contributed by atoms with Crippen LogP contribution < -0.4 is 5.32 Å². The Bertz CT molecular complexity index is 333. The van der Waals surface area contributed by atoms with E-state index in [4.69, 9.17) is 0 Å². The smallest absolute Gasteiger partial charge is 0.123 e. The van der Waals surface area contributed by atoms with E-state index in [1.165, 1.54) is 12.1 Å². The molecule has 1 atom stereocenters. The molecule has 1 aromatic rings. The van der Waals surface area contributed by atoms with Gasteiger partial charge in [-0.15, -0.1) is 0 Å². The molecule has 0 amide bonds. The fraction of sp³-hybridized carbons (Fsp3) is 0.538. The van der Waals surface area contributed by atoms with Gasteiger partial charge in [0.05, 0.1) is 5.60 Å². The first kappa shape index (κ1) is 13.1. The van der Waals surface area contributed by atoms with Crippen LogP contribution in [0.5, 0.6) is 0 Å². The normalized spacial score (nSPS) is 13.8. The number of benzene rings is 1. The maximum Gasteiger partial charge on any atom is 0.123 e. The Hall–Kier alpha value is -0.930. The Kier molecular flexibility index (Phi) is 4.44. The van der Waals surface area contributed by atoms with Crippen molar-refractivity contribution in [2.75, 3.05) is 6.54 Å². The summed E-state index contributed by atoms with van der Waals surface area (Å²) in [5.74, 6) is -0.201. The van der Waals surface area contributed by atoms with Crippen LogP contribution in [-0.2, 0) is 6.42 Å². The molecular formula is C13H20FNO. The fourth-order valence-corrected chi connectivity index (χ4v) is 1.38. The molecular weight excluding hydrogens is 205 g/mol. The third kappa shape index (κ3) is 4.29. The highest BCUT2D eigenvalue weighted by atomic mass is 19.1. The van der Waals surface area contributed by atoms with E-state index in [1.54, 1.807) is 19.9 Å². The molecule has 2 nitrogen and oxygen atoms in total. The molecule has 0 bridgehead atoms. The summed E-state index contributed by atoms with van der Waals surface area (Å²) >= 11 is 0. The standard InChI is InChI=1S/C13H20FNO/c1-10(13(2,3)16)15-8-7-11-5-4-6-12(14)9-11/h4-6,9-10,15-16H,7-8H2,1-3H3. The summed E-state index contributed by atoms with van der Waals surface area (Å²) in [6.45, 7) is 6.21. The first-order valence-corrected chi connectivity index (χ1v) is 5.60. The van der Waals surface area contributed by atoms with Crippen molar-refractivity contribution in [3.05, 3.63) is 35.6 Å². The first-order chi connectivity index (χ1) is 7.39. The second kappa shape index (κ2) is 5.41. The zero-order valence-corrected chi connectivity index (χ0v) is 10.1. The molecule has 0 heterocycles. The van der Waals surface area contributed by atoms with E-state index in [-0.39, 0.29) is 11.9 Å². The maximum atomic E-state index is 12.9. The summed E-state index contributed by atoms with van der Waals surface area (Å²) in [5.41, 5.74) is 0.234. The van der Waals surface area contributed by atoms with Gasteiger partial charge in [-0.3, -0.25) is 0 Å². The van der Waals surface area contributed by atoms with Gasteiger partial charge in [0.2, 0.25) is 0 Å². The third-order valence-electron chi connectivity index (χ3n) is 2.81. The third-order valence-corrected chi connectivity index (χ3v) is 2.81. The van der Waals surface area contributed by atoms with Crippen molar-refractivity contribution < 1.29 is 9.50 Å². The number of hydrogen-bond donors (Lipinski definition) is 2. The minimum absolute atomic E-state index is 0.0149. The molecule has 0 saturated carbocycles. The van der Waals surface area contributed by atoms with Gasteiger partial charge in [0.15, 0.2) is 0 Å². The van der Waals surface area contributed by atoms with E-state index in [1.807, 2.05) is 13.0 Å². The summed E-state index contributed by atoms with van der Waals surface area (Å²) in [5, 5.41) is 12.9. The number of halogens is 1. The maximum absolute atomic E-state index is 12.9. The monoisotopic (exact) mass is 225 g/mol. The average molecular weight is 225 g/mol. The van der Waals surface area contributed by atoms with Gasteiger partial charge in [-0.25, -0.2) is 4.39 Å². The van der Waals surface area contributed by atoms with E-state index < -0.39 is 5.60 Å². The quantitative estimate of drug-likeness (QED) is 0.804. The Balaban J connectivity index is 2.36. The van der Waals surface area contributed by atoms with Crippen LogP contribution >= 0.6 is 0 Å². The van der Waals surface area contributed by atoms with Gasteiger partial charge in [-0.2, -0.15) is 0 Å². The zero-order chi connectivity index (χ0) is 12.2. The molecule has 0 saturated heterocycles. The highest BCUT2D eigenvalue weighted by Gasteiger charge is 2.20. The van der Waals surface area contributed by atoms with Crippen molar-refractivity contribution in [2.45, 2.75) is 38.8 Å². The summed E-state index contributed by atoms with van der Waals surface area (Å²) in [4.78, 5) is 0. The van der Waals surface area contributed by atoms with Crippen LogP contribution in [0.1, 0.15) is 26.3 Å². The molecule has 1 rings (SSSR count). The summed E-state index contributed by atoms with van der Waals surface area (Å²) in [6.07, 6.45) is 0.762. The first-order valence-electron chi connectivity index (χ1n) is 5.60. The van der Waals surface area contributed by atoms with Crippen molar-refractivity contribution in [2.24, 2.45) is 0 Å². The number of hydrogen-bond acceptors (Lipinski definition) is 2. The Morgan fingerprint density at radius 2 is 2.12 bits per heavy atom. The molecule has 2 N–H and O–H groups in total. The van der Waals surface area contributed by atoms with Gasteiger partial charge in [0.25, 0.3) is 0 Å². The molecule has 90 valence electrons.